The number of rotatable bonds is 3. The predicted octanol–water partition coefficient (Wildman–Crippen LogP) is 2.26. The quantitative estimate of drug-likeness (QED) is 0.911. The van der Waals surface area contributed by atoms with E-state index in [9.17, 15) is 13.2 Å². The first kappa shape index (κ1) is 16.3. The molecule has 2 aliphatic heterocycles. The van der Waals surface area contributed by atoms with Crippen molar-refractivity contribution >= 4 is 15.7 Å². The van der Waals surface area contributed by atoms with Gasteiger partial charge in [0.2, 0.25) is 0 Å². The van der Waals surface area contributed by atoms with Crippen molar-refractivity contribution in [2.75, 3.05) is 6.26 Å². The summed E-state index contributed by atoms with van der Waals surface area (Å²) < 4.78 is 23.8. The average Bonchev–Trinajstić information content (AvgIpc) is 3.17. The van der Waals surface area contributed by atoms with Crippen LogP contribution in [-0.2, 0) is 9.84 Å². The van der Waals surface area contributed by atoms with Gasteiger partial charge in [-0.3, -0.25) is 9.89 Å². The van der Waals surface area contributed by atoms with Crippen LogP contribution in [0.1, 0.15) is 36.2 Å². The summed E-state index contributed by atoms with van der Waals surface area (Å²) in [4.78, 5) is 14.8. The Morgan fingerprint density at radius 1 is 1.16 bits per heavy atom. The molecule has 1 N–H and O–H groups in total. The Hall–Kier alpha value is -2.15. The van der Waals surface area contributed by atoms with Gasteiger partial charge in [-0.15, -0.1) is 0 Å². The van der Waals surface area contributed by atoms with Crippen molar-refractivity contribution in [1.82, 2.24) is 15.1 Å². The number of nitrogens with one attached hydrogen (secondary N) is 1. The lowest BCUT2D eigenvalue weighted by Crippen LogP contribution is -2.49. The number of H-pyrrole nitrogens is 1. The molecule has 2 fully saturated rings. The number of fused-ring (bicyclic) bond motifs is 2. The number of sulfone groups is 1. The first-order chi connectivity index (χ1) is 11.9. The van der Waals surface area contributed by atoms with Crippen LogP contribution in [0, 0.1) is 0 Å². The summed E-state index contributed by atoms with van der Waals surface area (Å²) in [5.74, 6) is -0.0749. The molecule has 25 heavy (non-hydrogen) atoms. The molecule has 0 aliphatic carbocycles. The first-order valence-electron chi connectivity index (χ1n) is 8.56. The third-order valence-electron chi connectivity index (χ3n) is 5.41. The number of carbonyl (C=O) groups excluding carboxylic acids is 1. The topological polar surface area (TPSA) is 83.1 Å². The molecule has 1 aromatic carbocycles. The van der Waals surface area contributed by atoms with Crippen LogP contribution < -0.4 is 0 Å². The van der Waals surface area contributed by atoms with Gasteiger partial charge in [0, 0.05) is 23.9 Å². The summed E-state index contributed by atoms with van der Waals surface area (Å²) in [6, 6.07) is 11.5. The van der Waals surface area contributed by atoms with Crippen LogP contribution in [0.2, 0.25) is 0 Å². The first-order valence-corrected chi connectivity index (χ1v) is 10.5. The van der Waals surface area contributed by atoms with Gasteiger partial charge in [-0.1, -0.05) is 30.3 Å². The van der Waals surface area contributed by atoms with Crippen LogP contribution in [0.4, 0.5) is 0 Å². The zero-order valence-corrected chi connectivity index (χ0v) is 14.9. The van der Waals surface area contributed by atoms with E-state index in [0.29, 0.717) is 18.5 Å². The Morgan fingerprint density at radius 2 is 1.80 bits per heavy atom. The Kier molecular flexibility index (Phi) is 3.91. The minimum absolute atomic E-state index is 0.00875. The Labute approximate surface area is 147 Å². The van der Waals surface area contributed by atoms with E-state index in [4.69, 9.17) is 0 Å². The lowest BCUT2D eigenvalue weighted by Gasteiger charge is -2.38. The summed E-state index contributed by atoms with van der Waals surface area (Å²) in [5.41, 5.74) is 2.16. The minimum Gasteiger partial charge on any atom is -0.331 e. The lowest BCUT2D eigenvalue weighted by atomic mass is 10.0. The van der Waals surface area contributed by atoms with E-state index in [1.165, 1.54) is 6.26 Å². The van der Waals surface area contributed by atoms with Gasteiger partial charge in [0.05, 0.1) is 10.9 Å². The van der Waals surface area contributed by atoms with E-state index in [1.807, 2.05) is 35.2 Å². The van der Waals surface area contributed by atoms with Crippen molar-refractivity contribution in [3.8, 4) is 11.3 Å². The second-order valence-corrected chi connectivity index (χ2v) is 9.38. The number of aromatic nitrogens is 2. The fourth-order valence-corrected chi connectivity index (χ4v) is 5.28. The molecule has 6 nitrogen and oxygen atoms in total. The van der Waals surface area contributed by atoms with Gasteiger partial charge in [0.1, 0.15) is 15.5 Å². The molecule has 2 bridgehead atoms. The maximum Gasteiger partial charge on any atom is 0.272 e. The molecule has 4 rings (SSSR count). The fraction of sp³-hybridized carbons (Fsp3) is 0.444. The van der Waals surface area contributed by atoms with Gasteiger partial charge in [-0.2, -0.15) is 5.10 Å². The Balaban J connectivity index is 1.56. The maximum absolute atomic E-state index is 13.0. The molecular formula is C18H21N3O3S. The van der Waals surface area contributed by atoms with Gasteiger partial charge >= 0.3 is 0 Å². The van der Waals surface area contributed by atoms with Crippen molar-refractivity contribution in [2.24, 2.45) is 0 Å². The van der Waals surface area contributed by atoms with Crippen molar-refractivity contribution in [2.45, 2.75) is 43.0 Å². The highest BCUT2D eigenvalue weighted by molar-refractivity contribution is 7.91. The fourth-order valence-electron chi connectivity index (χ4n) is 4.14. The molecule has 0 spiro atoms. The molecule has 2 aliphatic rings. The number of benzene rings is 1. The highest BCUT2D eigenvalue weighted by atomic mass is 32.2. The number of nitrogens with zero attached hydrogens (tertiary/aromatic N) is 2. The summed E-state index contributed by atoms with van der Waals surface area (Å²) in [7, 11) is -3.06. The smallest absolute Gasteiger partial charge is 0.272 e. The van der Waals surface area contributed by atoms with Crippen LogP contribution in [0.3, 0.4) is 0 Å². The molecule has 1 amide bonds. The van der Waals surface area contributed by atoms with Crippen molar-refractivity contribution in [3.05, 3.63) is 42.1 Å². The number of piperidine rings is 1. The van der Waals surface area contributed by atoms with E-state index in [2.05, 4.69) is 10.2 Å². The third-order valence-corrected chi connectivity index (χ3v) is 7.00. The molecule has 7 heteroatoms. The summed E-state index contributed by atoms with van der Waals surface area (Å²) in [5, 5.41) is 6.79. The van der Waals surface area contributed by atoms with Crippen LogP contribution in [0.5, 0.6) is 0 Å². The second-order valence-electron chi connectivity index (χ2n) is 7.05. The number of hydrogen-bond donors (Lipinski definition) is 1. The van der Waals surface area contributed by atoms with Crippen LogP contribution in [-0.4, -0.2) is 53.0 Å². The molecular weight excluding hydrogens is 338 g/mol. The molecule has 2 unspecified atom stereocenters. The largest absolute Gasteiger partial charge is 0.331 e. The number of amides is 1. The van der Waals surface area contributed by atoms with Gasteiger partial charge in [0.25, 0.3) is 5.91 Å². The molecule has 0 saturated carbocycles. The van der Waals surface area contributed by atoms with Crippen molar-refractivity contribution in [1.29, 1.82) is 0 Å². The number of hydrogen-bond acceptors (Lipinski definition) is 4. The Bertz CT molecular complexity index is 877. The summed E-state index contributed by atoms with van der Waals surface area (Å²) in [6.45, 7) is 0. The summed E-state index contributed by atoms with van der Waals surface area (Å²) in [6.07, 6.45) is 4.14. The predicted molar refractivity (Wildman–Crippen MR) is 94.9 cm³/mol. The van der Waals surface area contributed by atoms with Crippen LogP contribution in [0.25, 0.3) is 11.3 Å². The Morgan fingerprint density at radius 3 is 2.40 bits per heavy atom. The van der Waals surface area contributed by atoms with Crippen molar-refractivity contribution in [3.63, 3.8) is 0 Å². The van der Waals surface area contributed by atoms with Crippen molar-refractivity contribution < 1.29 is 13.2 Å². The highest BCUT2D eigenvalue weighted by Gasteiger charge is 2.46. The molecule has 2 atom stereocenters. The standard InChI is InChI=1S/C18H21N3O3S/c1-25(23,24)15-9-13-7-8-14(10-15)21(13)18(22)17-11-16(19-20-17)12-5-3-2-4-6-12/h2-6,11,13-15H,7-10H2,1H3,(H,19,20). The molecule has 1 aromatic heterocycles. The number of carbonyl (C=O) groups is 1. The molecule has 0 radical (unpaired) electrons. The lowest BCUT2D eigenvalue weighted by molar-refractivity contribution is 0.0592. The SMILES string of the molecule is CS(=O)(=O)C1CC2CCC(C1)N2C(=O)c1cc(-c2ccccc2)n[nH]1. The molecule has 132 valence electrons. The molecule has 2 saturated heterocycles. The number of aromatic amines is 1. The van der Waals surface area contributed by atoms with Gasteiger partial charge in [0.15, 0.2) is 0 Å². The van der Waals surface area contributed by atoms with Crippen LogP contribution in [0.15, 0.2) is 36.4 Å². The molecule has 2 aromatic rings. The zero-order valence-electron chi connectivity index (χ0n) is 14.1. The highest BCUT2D eigenvalue weighted by Crippen LogP contribution is 2.39. The third kappa shape index (κ3) is 2.97. The zero-order chi connectivity index (χ0) is 17.6. The van der Waals surface area contributed by atoms with E-state index in [0.717, 1.165) is 24.1 Å². The molecule has 3 heterocycles. The van der Waals surface area contributed by atoms with Crippen LogP contribution >= 0.6 is 0 Å². The maximum atomic E-state index is 13.0. The monoisotopic (exact) mass is 359 g/mol. The van der Waals surface area contributed by atoms with Gasteiger partial charge < -0.3 is 4.90 Å². The van der Waals surface area contributed by atoms with E-state index >= 15 is 0 Å². The second kappa shape index (κ2) is 5.98. The van der Waals surface area contributed by atoms with Gasteiger partial charge in [-0.05, 0) is 31.7 Å². The summed E-state index contributed by atoms with van der Waals surface area (Å²) >= 11 is 0. The van der Waals surface area contributed by atoms with Gasteiger partial charge in [-0.25, -0.2) is 8.42 Å². The van der Waals surface area contributed by atoms with E-state index in [-0.39, 0.29) is 23.2 Å². The minimum atomic E-state index is -3.06. The van der Waals surface area contributed by atoms with E-state index < -0.39 is 9.84 Å². The average molecular weight is 359 g/mol. The van der Waals surface area contributed by atoms with E-state index in [1.54, 1.807) is 6.07 Å². The normalized spacial score (nSPS) is 26.0.